The third-order valence-corrected chi connectivity index (χ3v) is 4.66. The Morgan fingerprint density at radius 1 is 1.24 bits per heavy atom. The third-order valence-electron chi connectivity index (χ3n) is 3.66. The number of piperazine rings is 1. The second-order valence-corrected chi connectivity index (χ2v) is 5.73. The molecule has 1 saturated heterocycles. The van der Waals surface area contributed by atoms with Crippen molar-refractivity contribution < 1.29 is 0 Å². The van der Waals surface area contributed by atoms with E-state index < -0.39 is 0 Å². The molecule has 0 radical (unpaired) electrons. The molecule has 0 saturated carbocycles. The first-order valence-electron chi connectivity index (χ1n) is 6.77. The fourth-order valence-electron chi connectivity index (χ4n) is 2.45. The maximum absolute atomic E-state index is 9.23. The second kappa shape index (κ2) is 5.58. The van der Waals surface area contributed by atoms with Gasteiger partial charge in [-0.15, -0.1) is 0 Å². The van der Waals surface area contributed by atoms with Gasteiger partial charge in [0, 0.05) is 26.2 Å². The molecular formula is C14H16N6S. The van der Waals surface area contributed by atoms with Gasteiger partial charge in [0.25, 0.3) is 0 Å². The fourth-order valence-corrected chi connectivity index (χ4v) is 3.35. The van der Waals surface area contributed by atoms with Crippen LogP contribution in [-0.2, 0) is 0 Å². The highest BCUT2D eigenvalue weighted by Gasteiger charge is 2.22. The van der Waals surface area contributed by atoms with Crippen LogP contribution in [-0.4, -0.2) is 35.5 Å². The summed E-state index contributed by atoms with van der Waals surface area (Å²) in [5, 5.41) is 10.2. The minimum Gasteiger partial charge on any atom is -0.384 e. The molecule has 7 heteroatoms. The number of pyridine rings is 1. The maximum Gasteiger partial charge on any atom is 0.130 e. The summed E-state index contributed by atoms with van der Waals surface area (Å²) in [7, 11) is 0. The van der Waals surface area contributed by atoms with E-state index in [4.69, 9.17) is 5.73 Å². The van der Waals surface area contributed by atoms with Crippen LogP contribution in [0.25, 0.3) is 0 Å². The van der Waals surface area contributed by atoms with Gasteiger partial charge in [0.1, 0.15) is 22.5 Å². The first-order chi connectivity index (χ1) is 10.2. The highest BCUT2D eigenvalue weighted by atomic mass is 32.1. The minimum atomic E-state index is 0.538. The lowest BCUT2D eigenvalue weighted by molar-refractivity contribution is 0.656. The summed E-state index contributed by atoms with van der Waals surface area (Å²) in [6, 6.07) is 6.08. The van der Waals surface area contributed by atoms with Crippen molar-refractivity contribution in [3.05, 3.63) is 29.6 Å². The summed E-state index contributed by atoms with van der Waals surface area (Å²) in [5.41, 5.74) is 8.23. The van der Waals surface area contributed by atoms with Gasteiger partial charge in [-0.05, 0) is 30.6 Å². The summed E-state index contributed by atoms with van der Waals surface area (Å²) in [6.45, 7) is 5.43. The highest BCUT2D eigenvalue weighted by Crippen LogP contribution is 2.29. The quantitative estimate of drug-likeness (QED) is 0.907. The number of nitrogen functional groups attached to an aromatic ring is 1. The molecular weight excluding hydrogens is 284 g/mol. The van der Waals surface area contributed by atoms with Crippen LogP contribution in [0.1, 0.15) is 11.3 Å². The van der Waals surface area contributed by atoms with Gasteiger partial charge in [0.05, 0.1) is 17.6 Å². The van der Waals surface area contributed by atoms with Crippen molar-refractivity contribution >= 4 is 28.0 Å². The molecule has 3 rings (SSSR count). The molecule has 0 unspecified atom stereocenters. The van der Waals surface area contributed by atoms with E-state index in [9.17, 15) is 5.26 Å². The molecule has 3 heterocycles. The normalized spacial score (nSPS) is 15.0. The molecule has 0 atom stereocenters. The van der Waals surface area contributed by atoms with Crippen molar-refractivity contribution in [3.63, 3.8) is 0 Å². The van der Waals surface area contributed by atoms with E-state index in [0.717, 1.165) is 42.6 Å². The number of nitrogens with zero attached hydrogens (tertiary/aromatic N) is 5. The predicted octanol–water partition coefficient (Wildman–Crippen LogP) is 1.63. The molecule has 1 aliphatic rings. The molecule has 1 fully saturated rings. The zero-order valence-electron chi connectivity index (χ0n) is 11.8. The van der Waals surface area contributed by atoms with Crippen LogP contribution < -0.4 is 15.5 Å². The molecule has 2 aromatic rings. The smallest absolute Gasteiger partial charge is 0.130 e. The lowest BCUT2D eigenvalue weighted by atomic mass is 10.2. The van der Waals surface area contributed by atoms with Crippen LogP contribution in [0.2, 0.25) is 0 Å². The van der Waals surface area contributed by atoms with Crippen molar-refractivity contribution in [2.24, 2.45) is 0 Å². The van der Waals surface area contributed by atoms with Gasteiger partial charge in [-0.3, -0.25) is 0 Å². The SMILES string of the molecule is Cc1nsc(N2CCN(c3ccc(N)nc3)CC2)c1C#N. The Labute approximate surface area is 127 Å². The zero-order valence-corrected chi connectivity index (χ0v) is 12.6. The van der Waals surface area contributed by atoms with E-state index in [0.29, 0.717) is 11.4 Å². The maximum atomic E-state index is 9.23. The van der Waals surface area contributed by atoms with E-state index in [-0.39, 0.29) is 0 Å². The van der Waals surface area contributed by atoms with Crippen molar-refractivity contribution in [2.45, 2.75) is 6.92 Å². The lowest BCUT2D eigenvalue weighted by Crippen LogP contribution is -2.46. The number of nitriles is 1. The molecule has 2 N–H and O–H groups in total. The number of nitrogens with two attached hydrogens (primary N) is 1. The summed E-state index contributed by atoms with van der Waals surface area (Å²) >= 11 is 1.41. The summed E-state index contributed by atoms with van der Waals surface area (Å²) in [6.07, 6.45) is 1.81. The Balaban J connectivity index is 1.70. The molecule has 0 spiro atoms. The van der Waals surface area contributed by atoms with E-state index >= 15 is 0 Å². The Kier molecular flexibility index (Phi) is 3.62. The van der Waals surface area contributed by atoms with Crippen LogP contribution in [0.4, 0.5) is 16.5 Å². The highest BCUT2D eigenvalue weighted by molar-refractivity contribution is 7.10. The van der Waals surface area contributed by atoms with Gasteiger partial charge >= 0.3 is 0 Å². The van der Waals surface area contributed by atoms with E-state index in [2.05, 4.69) is 25.2 Å². The Morgan fingerprint density at radius 3 is 2.57 bits per heavy atom. The number of rotatable bonds is 2. The second-order valence-electron chi connectivity index (χ2n) is 4.98. The monoisotopic (exact) mass is 300 g/mol. The van der Waals surface area contributed by atoms with Crippen LogP contribution >= 0.6 is 11.5 Å². The van der Waals surface area contributed by atoms with Gasteiger partial charge in [0.2, 0.25) is 0 Å². The number of aryl methyl sites for hydroxylation is 1. The molecule has 21 heavy (non-hydrogen) atoms. The number of hydrogen-bond acceptors (Lipinski definition) is 7. The first kappa shape index (κ1) is 13.6. The minimum absolute atomic E-state index is 0.538. The number of hydrogen-bond donors (Lipinski definition) is 1. The molecule has 0 amide bonds. The molecule has 0 aromatic carbocycles. The zero-order chi connectivity index (χ0) is 14.8. The van der Waals surface area contributed by atoms with Crippen molar-refractivity contribution in [1.29, 1.82) is 5.26 Å². The molecule has 108 valence electrons. The Hall–Kier alpha value is -2.33. The van der Waals surface area contributed by atoms with Gasteiger partial charge in [-0.1, -0.05) is 0 Å². The molecule has 2 aromatic heterocycles. The van der Waals surface area contributed by atoms with E-state index in [1.54, 1.807) is 0 Å². The van der Waals surface area contributed by atoms with Crippen molar-refractivity contribution in [3.8, 4) is 6.07 Å². The average molecular weight is 300 g/mol. The average Bonchev–Trinajstić information content (AvgIpc) is 2.89. The van der Waals surface area contributed by atoms with Crippen molar-refractivity contribution in [1.82, 2.24) is 9.36 Å². The number of aromatic nitrogens is 2. The standard InChI is InChI=1S/C14H16N6S/c1-10-12(8-15)14(21-18-10)20-6-4-19(5-7-20)11-2-3-13(16)17-9-11/h2-3,9H,4-7H2,1H3,(H2,16,17). The lowest BCUT2D eigenvalue weighted by Gasteiger charge is -2.36. The summed E-state index contributed by atoms with van der Waals surface area (Å²) < 4.78 is 4.29. The van der Waals surface area contributed by atoms with Gasteiger partial charge in [-0.25, -0.2) is 4.98 Å². The Bertz CT molecular complexity index is 664. The first-order valence-corrected chi connectivity index (χ1v) is 7.54. The van der Waals surface area contributed by atoms with Gasteiger partial charge in [0.15, 0.2) is 0 Å². The van der Waals surface area contributed by atoms with Crippen LogP contribution in [0.3, 0.4) is 0 Å². The molecule has 0 bridgehead atoms. The van der Waals surface area contributed by atoms with E-state index in [1.165, 1.54) is 11.5 Å². The largest absolute Gasteiger partial charge is 0.384 e. The molecule has 0 aliphatic carbocycles. The van der Waals surface area contributed by atoms with Gasteiger partial charge < -0.3 is 15.5 Å². The topological polar surface area (TPSA) is 82.1 Å². The van der Waals surface area contributed by atoms with Gasteiger partial charge in [-0.2, -0.15) is 9.64 Å². The Morgan fingerprint density at radius 2 is 1.95 bits per heavy atom. The molecule has 1 aliphatic heterocycles. The third kappa shape index (κ3) is 2.62. The predicted molar refractivity (Wildman–Crippen MR) is 84.6 cm³/mol. The van der Waals surface area contributed by atoms with Crippen LogP contribution in [0.15, 0.2) is 18.3 Å². The number of anilines is 3. The van der Waals surface area contributed by atoms with Crippen LogP contribution in [0, 0.1) is 18.3 Å². The van der Waals surface area contributed by atoms with Crippen LogP contribution in [0.5, 0.6) is 0 Å². The van der Waals surface area contributed by atoms with E-state index in [1.807, 2.05) is 25.3 Å². The summed E-state index contributed by atoms with van der Waals surface area (Å²) in [5.74, 6) is 0.538. The van der Waals surface area contributed by atoms with Crippen molar-refractivity contribution in [2.75, 3.05) is 41.7 Å². The summed E-state index contributed by atoms with van der Waals surface area (Å²) in [4.78, 5) is 8.65. The molecule has 6 nitrogen and oxygen atoms in total. The fraction of sp³-hybridized carbons (Fsp3) is 0.357.